The summed E-state index contributed by atoms with van der Waals surface area (Å²) in [6.45, 7) is 4.26. The summed E-state index contributed by atoms with van der Waals surface area (Å²) in [5, 5.41) is 3.63. The van der Waals surface area contributed by atoms with Crippen LogP contribution in [0.15, 0.2) is 24.3 Å². The normalized spacial score (nSPS) is 18.3. The van der Waals surface area contributed by atoms with Crippen LogP contribution in [0.4, 0.5) is 5.69 Å². The van der Waals surface area contributed by atoms with Crippen LogP contribution in [0.5, 0.6) is 5.75 Å². The lowest BCUT2D eigenvalue weighted by Crippen LogP contribution is -2.22. The second kappa shape index (κ2) is 6.67. The molecule has 0 saturated heterocycles. The number of benzene rings is 1. The van der Waals surface area contributed by atoms with E-state index in [1.165, 1.54) is 37.8 Å². The number of anilines is 1. The van der Waals surface area contributed by atoms with Gasteiger partial charge < -0.3 is 10.1 Å². The predicted octanol–water partition coefficient (Wildman–Crippen LogP) is 4.61. The van der Waals surface area contributed by atoms with Crippen molar-refractivity contribution in [3.63, 3.8) is 0 Å². The third-order valence-electron chi connectivity index (χ3n) is 3.72. The molecule has 2 rings (SSSR count). The minimum absolute atomic E-state index is 0.287. The summed E-state index contributed by atoms with van der Waals surface area (Å²) in [4.78, 5) is 0. The molecule has 1 aromatic rings. The largest absolute Gasteiger partial charge is 0.491 e. The van der Waals surface area contributed by atoms with E-state index < -0.39 is 0 Å². The third kappa shape index (κ3) is 3.94. The number of rotatable bonds is 5. The summed E-state index contributed by atoms with van der Waals surface area (Å²) >= 11 is 0. The molecule has 0 bridgehead atoms. The highest BCUT2D eigenvalue weighted by Crippen LogP contribution is 2.24. The van der Waals surface area contributed by atoms with Gasteiger partial charge in [0.2, 0.25) is 0 Å². The zero-order valence-corrected chi connectivity index (χ0v) is 11.6. The average Bonchev–Trinajstić information content (AvgIpc) is 2.40. The van der Waals surface area contributed by atoms with E-state index in [0.29, 0.717) is 6.04 Å². The van der Waals surface area contributed by atoms with Gasteiger partial charge in [0.05, 0.1) is 6.10 Å². The molecule has 1 N–H and O–H groups in total. The summed E-state index contributed by atoms with van der Waals surface area (Å²) in [5.41, 5.74) is 1.20. The Hall–Kier alpha value is -1.18. The van der Waals surface area contributed by atoms with Crippen LogP contribution in [-0.4, -0.2) is 12.1 Å². The van der Waals surface area contributed by atoms with Crippen LogP contribution in [-0.2, 0) is 0 Å². The van der Waals surface area contributed by atoms with E-state index >= 15 is 0 Å². The van der Waals surface area contributed by atoms with E-state index in [-0.39, 0.29) is 6.10 Å². The molecule has 2 heteroatoms. The van der Waals surface area contributed by atoms with Crippen LogP contribution in [0.2, 0.25) is 0 Å². The fourth-order valence-electron chi connectivity index (χ4n) is 2.46. The molecule has 1 saturated carbocycles. The second-order valence-electron chi connectivity index (χ2n) is 5.34. The Morgan fingerprint density at radius 2 is 2.06 bits per heavy atom. The number of nitrogens with one attached hydrogen (secondary N) is 1. The molecule has 0 heterocycles. The van der Waals surface area contributed by atoms with Gasteiger partial charge in [0.25, 0.3) is 0 Å². The van der Waals surface area contributed by atoms with Crippen LogP contribution >= 0.6 is 0 Å². The first-order valence-electron chi connectivity index (χ1n) is 7.31. The fourth-order valence-corrected chi connectivity index (χ4v) is 2.46. The van der Waals surface area contributed by atoms with Gasteiger partial charge >= 0.3 is 0 Å². The predicted molar refractivity (Wildman–Crippen MR) is 77.3 cm³/mol. The van der Waals surface area contributed by atoms with E-state index in [2.05, 4.69) is 37.4 Å². The van der Waals surface area contributed by atoms with Gasteiger partial charge in [0.15, 0.2) is 0 Å². The van der Waals surface area contributed by atoms with Crippen LogP contribution in [0.3, 0.4) is 0 Å². The molecule has 1 atom stereocenters. The van der Waals surface area contributed by atoms with Gasteiger partial charge in [-0.05, 0) is 38.3 Å². The van der Waals surface area contributed by atoms with Crippen molar-refractivity contribution < 1.29 is 4.74 Å². The minimum Gasteiger partial charge on any atom is -0.491 e. The van der Waals surface area contributed by atoms with Gasteiger partial charge in [0.1, 0.15) is 5.75 Å². The van der Waals surface area contributed by atoms with Crippen LogP contribution in [0.25, 0.3) is 0 Å². The Labute approximate surface area is 111 Å². The molecule has 2 nitrogen and oxygen atoms in total. The standard InChI is InChI=1S/C16H25NO/c1-3-13(2)18-16-11-7-10-15(12-16)17-14-8-5-4-6-9-14/h7,10-14,17H,3-6,8-9H2,1-2H3. The topological polar surface area (TPSA) is 21.3 Å². The van der Waals surface area contributed by atoms with E-state index in [4.69, 9.17) is 4.74 Å². The zero-order chi connectivity index (χ0) is 12.8. The van der Waals surface area contributed by atoms with E-state index in [0.717, 1.165) is 12.2 Å². The monoisotopic (exact) mass is 247 g/mol. The van der Waals surface area contributed by atoms with E-state index in [9.17, 15) is 0 Å². The Morgan fingerprint density at radius 3 is 2.78 bits per heavy atom. The third-order valence-corrected chi connectivity index (χ3v) is 3.72. The highest BCUT2D eigenvalue weighted by molar-refractivity contribution is 5.48. The summed E-state index contributed by atoms with van der Waals surface area (Å²) in [6, 6.07) is 9.03. The summed E-state index contributed by atoms with van der Waals surface area (Å²) in [7, 11) is 0. The molecule has 18 heavy (non-hydrogen) atoms. The molecular formula is C16H25NO. The van der Waals surface area contributed by atoms with Crippen LogP contribution < -0.4 is 10.1 Å². The Kier molecular flexibility index (Phi) is 4.91. The molecule has 100 valence electrons. The van der Waals surface area contributed by atoms with Gasteiger partial charge in [-0.1, -0.05) is 32.3 Å². The number of hydrogen-bond donors (Lipinski definition) is 1. The van der Waals surface area contributed by atoms with Crippen molar-refractivity contribution in [2.75, 3.05) is 5.32 Å². The van der Waals surface area contributed by atoms with Crippen molar-refractivity contribution in [3.8, 4) is 5.75 Å². The molecule has 0 amide bonds. The zero-order valence-electron chi connectivity index (χ0n) is 11.6. The quantitative estimate of drug-likeness (QED) is 0.820. The van der Waals surface area contributed by atoms with Gasteiger partial charge in [-0.3, -0.25) is 0 Å². The first-order valence-corrected chi connectivity index (χ1v) is 7.31. The lowest BCUT2D eigenvalue weighted by molar-refractivity contribution is 0.217. The molecule has 0 radical (unpaired) electrons. The van der Waals surface area contributed by atoms with Gasteiger partial charge in [-0.25, -0.2) is 0 Å². The van der Waals surface area contributed by atoms with Crippen molar-refractivity contribution in [1.82, 2.24) is 0 Å². The molecule has 1 aliphatic carbocycles. The maximum atomic E-state index is 5.85. The van der Waals surface area contributed by atoms with Crippen molar-refractivity contribution in [2.24, 2.45) is 0 Å². The highest BCUT2D eigenvalue weighted by atomic mass is 16.5. The van der Waals surface area contributed by atoms with Crippen molar-refractivity contribution >= 4 is 5.69 Å². The summed E-state index contributed by atoms with van der Waals surface area (Å²) in [6.07, 6.45) is 8.05. The molecule has 1 unspecified atom stereocenters. The van der Waals surface area contributed by atoms with Gasteiger partial charge in [-0.2, -0.15) is 0 Å². The maximum Gasteiger partial charge on any atom is 0.121 e. The minimum atomic E-state index is 0.287. The first kappa shape index (κ1) is 13.3. The van der Waals surface area contributed by atoms with Crippen LogP contribution in [0.1, 0.15) is 52.4 Å². The van der Waals surface area contributed by atoms with E-state index in [1.54, 1.807) is 0 Å². The lowest BCUT2D eigenvalue weighted by Gasteiger charge is -2.24. The van der Waals surface area contributed by atoms with Crippen molar-refractivity contribution in [3.05, 3.63) is 24.3 Å². The first-order chi connectivity index (χ1) is 8.78. The maximum absolute atomic E-state index is 5.85. The molecular weight excluding hydrogens is 222 g/mol. The summed E-state index contributed by atoms with van der Waals surface area (Å²) in [5.74, 6) is 0.977. The van der Waals surface area contributed by atoms with Crippen molar-refractivity contribution in [2.45, 2.75) is 64.5 Å². The molecule has 0 spiro atoms. The van der Waals surface area contributed by atoms with Crippen molar-refractivity contribution in [1.29, 1.82) is 0 Å². The molecule has 1 aromatic carbocycles. The molecule has 0 aliphatic heterocycles. The Bertz CT molecular complexity index is 358. The number of ether oxygens (including phenoxy) is 1. The smallest absolute Gasteiger partial charge is 0.121 e. The summed E-state index contributed by atoms with van der Waals surface area (Å²) < 4.78 is 5.85. The van der Waals surface area contributed by atoms with Crippen LogP contribution in [0, 0.1) is 0 Å². The molecule has 0 aromatic heterocycles. The molecule has 1 fully saturated rings. The van der Waals surface area contributed by atoms with E-state index in [1.807, 2.05) is 6.07 Å². The SMILES string of the molecule is CCC(C)Oc1cccc(NC2CCCCC2)c1. The Morgan fingerprint density at radius 1 is 1.28 bits per heavy atom. The Balaban J connectivity index is 1.93. The number of hydrogen-bond acceptors (Lipinski definition) is 2. The van der Waals surface area contributed by atoms with Gasteiger partial charge in [0, 0.05) is 17.8 Å². The second-order valence-corrected chi connectivity index (χ2v) is 5.34. The molecule has 1 aliphatic rings. The lowest BCUT2D eigenvalue weighted by atomic mass is 9.95. The van der Waals surface area contributed by atoms with Gasteiger partial charge in [-0.15, -0.1) is 0 Å². The average molecular weight is 247 g/mol. The fraction of sp³-hybridized carbons (Fsp3) is 0.625. The highest BCUT2D eigenvalue weighted by Gasteiger charge is 2.13.